The van der Waals surface area contributed by atoms with Crippen molar-refractivity contribution < 1.29 is 46.9 Å². The fourth-order valence-electron chi connectivity index (χ4n) is 13.0. The number of carboxylic acids is 1. The maximum atomic E-state index is 13.7. The second kappa shape index (κ2) is 16.1. The molecular formula is C45H68N2O10S. The van der Waals surface area contributed by atoms with Crippen molar-refractivity contribution in [1.29, 1.82) is 0 Å². The van der Waals surface area contributed by atoms with E-state index < -0.39 is 68.3 Å². The van der Waals surface area contributed by atoms with Crippen LogP contribution in [0.2, 0.25) is 0 Å². The van der Waals surface area contributed by atoms with Gasteiger partial charge in [0.1, 0.15) is 24.0 Å². The van der Waals surface area contributed by atoms with Gasteiger partial charge in [-0.05, 0) is 116 Å². The number of carbonyl (C=O) groups excluding carboxylic acids is 2. The second-order valence-corrected chi connectivity index (χ2v) is 21.5. The maximum Gasteiger partial charge on any atom is 0.323 e. The molecule has 1 aliphatic heterocycles. The second-order valence-electron chi connectivity index (χ2n) is 19.7. The summed E-state index contributed by atoms with van der Waals surface area (Å²) in [6.07, 6.45) is 6.68. The van der Waals surface area contributed by atoms with Crippen LogP contribution in [0.3, 0.4) is 0 Å². The average molecular weight is 829 g/mol. The van der Waals surface area contributed by atoms with Crippen molar-refractivity contribution in [2.75, 3.05) is 26.9 Å². The lowest BCUT2D eigenvalue weighted by molar-refractivity contribution is -0.263. The topological polar surface area (TPSA) is 181 Å². The standard InChI is InChI=1S/C45H68N2O10S/c1-27(2)28(3)41(5)21-22-43(7)32-17-18-36-42(6)25-55-26-45(36,33(32)19-20-44(43,8)37(41)39(49)50)24-35(56-29(4)48)38(42)57-40(51)34(46)12-10-11-23-47-58(52,53)31-15-13-30(54-9)14-16-31/h13-16,19,27-28,32,34-38,47H,10-12,17-18,20-26,46H2,1-9H3,(H,49,50)/t28-,32+,34?,35-,36+,37-,38+,41-,42+,43-,44+,45+/m1/s1. The smallest absolute Gasteiger partial charge is 0.323 e. The lowest BCUT2D eigenvalue weighted by atomic mass is 9.34. The summed E-state index contributed by atoms with van der Waals surface area (Å²) in [6, 6.07) is 5.17. The van der Waals surface area contributed by atoms with Gasteiger partial charge in [-0.25, -0.2) is 13.1 Å². The Kier molecular flexibility index (Phi) is 12.4. The van der Waals surface area contributed by atoms with E-state index in [1.807, 2.05) is 0 Å². The zero-order chi connectivity index (χ0) is 42.6. The molecule has 2 bridgehead atoms. The number of hydrogen-bond donors (Lipinski definition) is 3. The Bertz CT molecular complexity index is 1870. The van der Waals surface area contributed by atoms with E-state index >= 15 is 0 Å². The van der Waals surface area contributed by atoms with Gasteiger partial charge in [-0.3, -0.25) is 14.4 Å². The number of aliphatic carboxylic acids is 1. The molecule has 4 fully saturated rings. The van der Waals surface area contributed by atoms with Gasteiger partial charge in [-0.2, -0.15) is 0 Å². The van der Waals surface area contributed by atoms with E-state index in [1.165, 1.54) is 31.7 Å². The highest BCUT2D eigenvalue weighted by atomic mass is 32.2. The number of fused-ring (bicyclic) bond motifs is 3. The molecule has 1 aromatic rings. The summed E-state index contributed by atoms with van der Waals surface area (Å²) >= 11 is 0. The number of esters is 2. The molecular weight excluding hydrogens is 761 g/mol. The lowest BCUT2D eigenvalue weighted by Crippen LogP contribution is -2.70. The first-order valence-electron chi connectivity index (χ1n) is 21.4. The van der Waals surface area contributed by atoms with Crippen molar-refractivity contribution in [2.24, 2.45) is 62.4 Å². The minimum atomic E-state index is -3.71. The van der Waals surface area contributed by atoms with Crippen LogP contribution in [-0.2, 0) is 38.6 Å². The van der Waals surface area contributed by atoms with Crippen molar-refractivity contribution >= 4 is 27.9 Å². The largest absolute Gasteiger partial charge is 0.497 e. The molecule has 4 N–H and O–H groups in total. The van der Waals surface area contributed by atoms with E-state index in [9.17, 15) is 27.9 Å². The molecule has 58 heavy (non-hydrogen) atoms. The van der Waals surface area contributed by atoms with Crippen molar-refractivity contribution in [2.45, 2.75) is 136 Å². The van der Waals surface area contributed by atoms with Crippen molar-refractivity contribution in [3.63, 3.8) is 0 Å². The number of carbonyl (C=O) groups is 3. The van der Waals surface area contributed by atoms with E-state index in [-0.39, 0.29) is 46.4 Å². The van der Waals surface area contributed by atoms with Crippen LogP contribution in [0, 0.1) is 56.7 Å². The summed E-state index contributed by atoms with van der Waals surface area (Å²) in [7, 11) is -2.20. The number of rotatable bonds is 14. The van der Waals surface area contributed by atoms with Crippen LogP contribution in [0.4, 0.5) is 0 Å². The molecule has 0 radical (unpaired) electrons. The average Bonchev–Trinajstić information content (AvgIpc) is 3.15. The van der Waals surface area contributed by atoms with Crippen LogP contribution in [0.1, 0.15) is 113 Å². The minimum absolute atomic E-state index is 0.0776. The number of benzene rings is 1. The first kappa shape index (κ1) is 44.5. The monoisotopic (exact) mass is 828 g/mol. The third-order valence-corrected chi connectivity index (χ3v) is 18.0. The van der Waals surface area contributed by atoms with Gasteiger partial charge in [0, 0.05) is 24.3 Å². The molecule has 324 valence electrons. The summed E-state index contributed by atoms with van der Waals surface area (Å²) in [5, 5.41) is 11.0. The zero-order valence-corrected chi connectivity index (χ0v) is 36.9. The van der Waals surface area contributed by atoms with Gasteiger partial charge in [0.25, 0.3) is 0 Å². The number of methoxy groups -OCH3 is 1. The Hall–Kier alpha value is -3.00. The summed E-state index contributed by atoms with van der Waals surface area (Å²) < 4.78 is 52.1. The molecule has 1 heterocycles. The molecule has 13 heteroatoms. The predicted molar refractivity (Wildman–Crippen MR) is 219 cm³/mol. The zero-order valence-electron chi connectivity index (χ0n) is 36.1. The van der Waals surface area contributed by atoms with Gasteiger partial charge in [-0.15, -0.1) is 0 Å². The summed E-state index contributed by atoms with van der Waals surface area (Å²) in [6.45, 7) is 17.9. The Balaban J connectivity index is 1.19. The van der Waals surface area contributed by atoms with Gasteiger partial charge >= 0.3 is 17.9 Å². The lowest BCUT2D eigenvalue weighted by Gasteiger charge is -2.71. The highest BCUT2D eigenvalue weighted by Crippen LogP contribution is 2.75. The molecule has 12 nitrogen and oxygen atoms in total. The number of hydrogen-bond acceptors (Lipinski definition) is 10. The van der Waals surface area contributed by atoms with Crippen molar-refractivity contribution in [3.8, 4) is 5.75 Å². The number of nitrogens with two attached hydrogens (primary N) is 1. The first-order chi connectivity index (χ1) is 27.1. The minimum Gasteiger partial charge on any atom is -0.497 e. The van der Waals surface area contributed by atoms with Crippen LogP contribution < -0.4 is 15.2 Å². The SMILES string of the molecule is COc1ccc(S(=O)(=O)NCCCCC(N)C(=O)O[C@H]2[C@H](OC(C)=O)C[C@@]34COC[C@@]2(C)[C@@H]3CC[C@H]2C4=CC[C@@]3(C)[C@H](C(=O)O)[C@@](C)([C@H](C)C(C)C)CC[C@]23C)cc1. The summed E-state index contributed by atoms with van der Waals surface area (Å²) in [5.41, 5.74) is 5.49. The molecule has 3 saturated carbocycles. The Morgan fingerprint density at radius 1 is 0.983 bits per heavy atom. The molecule has 6 rings (SSSR count). The third-order valence-electron chi connectivity index (χ3n) is 16.5. The third kappa shape index (κ3) is 7.31. The van der Waals surface area contributed by atoms with Gasteiger partial charge < -0.3 is 29.8 Å². The molecule has 1 saturated heterocycles. The number of carboxylic acid groups (broad SMARTS) is 1. The summed E-state index contributed by atoms with van der Waals surface area (Å²) in [4.78, 5) is 40.1. The van der Waals surface area contributed by atoms with E-state index in [0.717, 1.165) is 25.7 Å². The number of unbranched alkanes of at least 4 members (excludes halogenated alkanes) is 1. The van der Waals surface area contributed by atoms with Gasteiger partial charge in [0.05, 0.1) is 31.1 Å². The first-order valence-corrected chi connectivity index (χ1v) is 22.9. The van der Waals surface area contributed by atoms with E-state index in [4.69, 9.17) is 24.7 Å². The predicted octanol–water partition coefficient (Wildman–Crippen LogP) is 6.90. The molecule has 4 aliphatic carbocycles. The quantitative estimate of drug-likeness (QED) is 0.101. The molecule has 0 aromatic heterocycles. The molecule has 1 unspecified atom stereocenters. The van der Waals surface area contributed by atoms with E-state index in [2.05, 4.69) is 59.3 Å². The van der Waals surface area contributed by atoms with Crippen LogP contribution in [0.25, 0.3) is 0 Å². The normalized spacial score (nSPS) is 37.9. The van der Waals surface area contributed by atoms with Crippen molar-refractivity contribution in [1.82, 2.24) is 4.72 Å². The van der Waals surface area contributed by atoms with Gasteiger partial charge in [-0.1, -0.05) is 66.5 Å². The Labute approximate surface area is 345 Å². The molecule has 0 spiro atoms. The summed E-state index contributed by atoms with van der Waals surface area (Å²) in [5.74, 6) is -0.877. The molecule has 0 amide bonds. The Morgan fingerprint density at radius 3 is 2.29 bits per heavy atom. The maximum absolute atomic E-state index is 13.7. The fourth-order valence-corrected chi connectivity index (χ4v) is 14.0. The van der Waals surface area contributed by atoms with Gasteiger partial charge in [0.2, 0.25) is 10.0 Å². The molecule has 1 aromatic carbocycles. The number of ether oxygens (including phenoxy) is 4. The van der Waals surface area contributed by atoms with Gasteiger partial charge in [0.15, 0.2) is 0 Å². The van der Waals surface area contributed by atoms with E-state index in [0.29, 0.717) is 50.6 Å². The van der Waals surface area contributed by atoms with Crippen LogP contribution in [-0.4, -0.2) is 76.6 Å². The Morgan fingerprint density at radius 2 is 1.67 bits per heavy atom. The number of allylic oxidation sites excluding steroid dienone is 1. The number of sulfonamides is 1. The fraction of sp³-hybridized carbons (Fsp3) is 0.756. The van der Waals surface area contributed by atoms with Crippen LogP contribution in [0.15, 0.2) is 40.8 Å². The molecule has 12 atom stereocenters. The van der Waals surface area contributed by atoms with E-state index in [1.54, 1.807) is 12.1 Å². The number of nitrogens with one attached hydrogen (secondary N) is 1. The van der Waals surface area contributed by atoms with Crippen LogP contribution >= 0.6 is 0 Å². The van der Waals surface area contributed by atoms with Crippen LogP contribution in [0.5, 0.6) is 5.75 Å². The highest BCUT2D eigenvalue weighted by molar-refractivity contribution is 7.89. The molecule has 5 aliphatic rings. The highest BCUT2D eigenvalue weighted by Gasteiger charge is 2.72. The van der Waals surface area contributed by atoms with Crippen molar-refractivity contribution in [3.05, 3.63) is 35.9 Å².